The zero-order chi connectivity index (χ0) is 15.2. The van der Waals surface area contributed by atoms with Crippen molar-refractivity contribution in [3.8, 4) is 0 Å². The van der Waals surface area contributed by atoms with Crippen LogP contribution in [-0.2, 0) is 16.6 Å². The summed E-state index contributed by atoms with van der Waals surface area (Å²) in [7, 11) is -1.70. The Kier molecular flexibility index (Phi) is 7.15. The highest BCUT2D eigenvalue weighted by atomic mass is 32.2. The second-order valence-electron chi connectivity index (χ2n) is 5.18. The molecule has 6 heteroatoms. The first-order chi connectivity index (χ1) is 9.43. The monoisotopic (exact) mass is 318 g/mol. The standard InChI is InChI=1S/C14H26N2O2S2/c1-5-8-15-10-13-14(7-9-19-13)20(17,18)16(4)11-12(3)6-2/h7,9,12,15H,5-6,8,10-11H2,1-4H3. The van der Waals surface area contributed by atoms with Crippen LogP contribution in [0.5, 0.6) is 0 Å². The van der Waals surface area contributed by atoms with E-state index < -0.39 is 10.0 Å². The van der Waals surface area contributed by atoms with Crippen molar-refractivity contribution >= 4 is 21.4 Å². The van der Waals surface area contributed by atoms with E-state index in [0.717, 1.165) is 24.3 Å². The van der Waals surface area contributed by atoms with Gasteiger partial charge in [0, 0.05) is 25.0 Å². The predicted octanol–water partition coefficient (Wildman–Crippen LogP) is 2.91. The molecular formula is C14H26N2O2S2. The van der Waals surface area contributed by atoms with Crippen molar-refractivity contribution < 1.29 is 8.42 Å². The van der Waals surface area contributed by atoms with Crippen molar-refractivity contribution in [1.82, 2.24) is 9.62 Å². The lowest BCUT2D eigenvalue weighted by molar-refractivity contribution is 0.393. The summed E-state index contributed by atoms with van der Waals surface area (Å²) in [6, 6.07) is 1.72. The van der Waals surface area contributed by atoms with E-state index in [1.807, 2.05) is 5.38 Å². The minimum atomic E-state index is -3.36. The molecule has 0 aliphatic heterocycles. The van der Waals surface area contributed by atoms with Crippen LogP contribution in [0.2, 0.25) is 0 Å². The van der Waals surface area contributed by atoms with Gasteiger partial charge in [-0.25, -0.2) is 12.7 Å². The van der Waals surface area contributed by atoms with Gasteiger partial charge in [0.1, 0.15) is 0 Å². The van der Waals surface area contributed by atoms with Crippen LogP contribution in [0, 0.1) is 5.92 Å². The Hall–Kier alpha value is -0.430. The van der Waals surface area contributed by atoms with Gasteiger partial charge in [0.25, 0.3) is 0 Å². The van der Waals surface area contributed by atoms with Gasteiger partial charge in [0.2, 0.25) is 10.0 Å². The average molecular weight is 319 g/mol. The SMILES string of the molecule is CCCNCc1sccc1S(=O)(=O)N(C)CC(C)CC. The maximum atomic E-state index is 12.6. The zero-order valence-corrected chi connectivity index (χ0v) is 14.5. The first-order valence-corrected chi connectivity index (χ1v) is 9.48. The Morgan fingerprint density at radius 1 is 1.40 bits per heavy atom. The summed E-state index contributed by atoms with van der Waals surface area (Å²) in [5.41, 5.74) is 0. The molecule has 0 radical (unpaired) electrons. The van der Waals surface area contributed by atoms with Crippen LogP contribution in [-0.4, -0.2) is 32.9 Å². The van der Waals surface area contributed by atoms with Gasteiger partial charge in [-0.2, -0.15) is 0 Å². The van der Waals surface area contributed by atoms with E-state index in [1.54, 1.807) is 13.1 Å². The Morgan fingerprint density at radius 2 is 2.10 bits per heavy atom. The minimum absolute atomic E-state index is 0.370. The fourth-order valence-electron chi connectivity index (χ4n) is 1.90. The van der Waals surface area contributed by atoms with Crippen molar-refractivity contribution in [2.75, 3.05) is 20.1 Å². The van der Waals surface area contributed by atoms with Gasteiger partial charge in [0.05, 0.1) is 4.90 Å². The molecule has 1 atom stereocenters. The molecule has 0 aromatic carbocycles. The highest BCUT2D eigenvalue weighted by molar-refractivity contribution is 7.89. The molecule has 0 fully saturated rings. The number of nitrogens with zero attached hydrogens (tertiary/aromatic N) is 1. The van der Waals surface area contributed by atoms with Crippen molar-refractivity contribution in [2.45, 2.75) is 45.1 Å². The summed E-state index contributed by atoms with van der Waals surface area (Å²) in [6.45, 7) is 8.34. The zero-order valence-electron chi connectivity index (χ0n) is 12.8. The Labute approximate surface area is 127 Å². The molecular weight excluding hydrogens is 292 g/mol. The molecule has 0 spiro atoms. The highest BCUT2D eigenvalue weighted by Crippen LogP contribution is 2.25. The first kappa shape index (κ1) is 17.6. The van der Waals surface area contributed by atoms with E-state index in [0.29, 0.717) is 23.9 Å². The molecule has 0 saturated carbocycles. The summed E-state index contributed by atoms with van der Waals surface area (Å²) in [5.74, 6) is 0.370. The summed E-state index contributed by atoms with van der Waals surface area (Å²) in [4.78, 5) is 1.35. The van der Waals surface area contributed by atoms with Crippen LogP contribution >= 0.6 is 11.3 Å². The molecule has 116 valence electrons. The molecule has 1 N–H and O–H groups in total. The van der Waals surface area contributed by atoms with E-state index in [2.05, 4.69) is 26.1 Å². The van der Waals surface area contributed by atoms with Gasteiger partial charge in [0.15, 0.2) is 0 Å². The smallest absolute Gasteiger partial charge is 0.243 e. The number of thiophene rings is 1. The van der Waals surface area contributed by atoms with E-state index in [9.17, 15) is 8.42 Å². The van der Waals surface area contributed by atoms with Crippen LogP contribution in [0.4, 0.5) is 0 Å². The molecule has 1 unspecified atom stereocenters. The highest BCUT2D eigenvalue weighted by Gasteiger charge is 2.25. The number of nitrogens with one attached hydrogen (secondary N) is 1. The van der Waals surface area contributed by atoms with Crippen LogP contribution in [0.15, 0.2) is 16.3 Å². The van der Waals surface area contributed by atoms with Gasteiger partial charge < -0.3 is 5.32 Å². The number of rotatable bonds is 9. The average Bonchev–Trinajstić information content (AvgIpc) is 2.87. The molecule has 20 heavy (non-hydrogen) atoms. The molecule has 0 bridgehead atoms. The number of sulfonamides is 1. The largest absolute Gasteiger partial charge is 0.312 e. The van der Waals surface area contributed by atoms with Crippen LogP contribution < -0.4 is 5.32 Å². The lowest BCUT2D eigenvalue weighted by Crippen LogP contribution is -2.31. The summed E-state index contributed by atoms with van der Waals surface area (Å²) < 4.78 is 26.7. The topological polar surface area (TPSA) is 49.4 Å². The van der Waals surface area contributed by atoms with E-state index in [-0.39, 0.29) is 0 Å². The fourth-order valence-corrected chi connectivity index (χ4v) is 4.57. The van der Waals surface area contributed by atoms with Gasteiger partial charge in [-0.1, -0.05) is 27.2 Å². The molecule has 1 aromatic rings. The third-order valence-electron chi connectivity index (χ3n) is 3.37. The second-order valence-corrected chi connectivity index (χ2v) is 8.20. The van der Waals surface area contributed by atoms with Crippen molar-refractivity contribution in [3.05, 3.63) is 16.3 Å². The molecule has 0 aliphatic carbocycles. The predicted molar refractivity (Wildman–Crippen MR) is 85.6 cm³/mol. The Bertz CT molecular complexity index is 497. The minimum Gasteiger partial charge on any atom is -0.312 e. The second kappa shape index (κ2) is 8.12. The molecule has 0 aliphatic rings. The van der Waals surface area contributed by atoms with Gasteiger partial charge in [-0.15, -0.1) is 11.3 Å². The van der Waals surface area contributed by atoms with Gasteiger partial charge in [-0.3, -0.25) is 0 Å². The van der Waals surface area contributed by atoms with Crippen molar-refractivity contribution in [1.29, 1.82) is 0 Å². The molecule has 0 amide bonds. The molecule has 1 heterocycles. The Morgan fingerprint density at radius 3 is 2.70 bits per heavy atom. The lowest BCUT2D eigenvalue weighted by Gasteiger charge is -2.20. The quantitative estimate of drug-likeness (QED) is 0.712. The molecule has 4 nitrogen and oxygen atoms in total. The maximum Gasteiger partial charge on any atom is 0.243 e. The van der Waals surface area contributed by atoms with E-state index in [1.165, 1.54) is 15.6 Å². The Balaban J connectivity index is 2.84. The van der Waals surface area contributed by atoms with Crippen LogP contribution in [0.25, 0.3) is 0 Å². The number of hydrogen-bond donors (Lipinski definition) is 1. The lowest BCUT2D eigenvalue weighted by atomic mass is 10.1. The van der Waals surface area contributed by atoms with E-state index >= 15 is 0 Å². The summed E-state index contributed by atoms with van der Waals surface area (Å²) >= 11 is 1.50. The summed E-state index contributed by atoms with van der Waals surface area (Å²) in [6.07, 6.45) is 2.02. The van der Waals surface area contributed by atoms with Crippen LogP contribution in [0.3, 0.4) is 0 Å². The van der Waals surface area contributed by atoms with E-state index in [4.69, 9.17) is 0 Å². The third kappa shape index (κ3) is 4.55. The van der Waals surface area contributed by atoms with Gasteiger partial charge >= 0.3 is 0 Å². The maximum absolute atomic E-state index is 12.6. The van der Waals surface area contributed by atoms with Crippen LogP contribution in [0.1, 0.15) is 38.5 Å². The van der Waals surface area contributed by atoms with Crippen molar-refractivity contribution in [3.63, 3.8) is 0 Å². The molecule has 1 aromatic heterocycles. The summed E-state index contributed by atoms with van der Waals surface area (Å²) in [5, 5.41) is 5.12. The van der Waals surface area contributed by atoms with Crippen molar-refractivity contribution in [2.24, 2.45) is 5.92 Å². The third-order valence-corrected chi connectivity index (χ3v) is 6.33. The first-order valence-electron chi connectivity index (χ1n) is 7.16. The number of hydrogen-bond acceptors (Lipinski definition) is 4. The molecule has 1 rings (SSSR count). The molecule has 0 saturated heterocycles. The van der Waals surface area contributed by atoms with Gasteiger partial charge in [-0.05, 0) is 30.3 Å². The fraction of sp³-hybridized carbons (Fsp3) is 0.714. The normalized spacial score (nSPS) is 13.8.